The Morgan fingerprint density at radius 3 is 2.76 bits per heavy atom. The summed E-state index contributed by atoms with van der Waals surface area (Å²) in [4.78, 5) is 17.9. The second-order valence-corrected chi connectivity index (χ2v) is 9.55. The molecule has 4 rings (SSSR count). The molecule has 6 heteroatoms. The number of amides is 1. The monoisotopic (exact) mass is 510 g/mol. The van der Waals surface area contributed by atoms with Gasteiger partial charge in [0.2, 0.25) is 5.88 Å². The fourth-order valence-corrected chi connectivity index (χ4v) is 5.02. The predicted octanol–water partition coefficient (Wildman–Crippen LogP) is 7.10. The molecule has 38 heavy (non-hydrogen) atoms. The Bertz CT molecular complexity index is 1420. The Hall–Kier alpha value is -3.93. The molecule has 1 aromatic carbocycles. The smallest absolute Gasteiger partial charge is 0.251 e. The number of rotatable bonds is 10. The van der Waals surface area contributed by atoms with Gasteiger partial charge >= 0.3 is 0 Å². The predicted molar refractivity (Wildman–Crippen MR) is 156 cm³/mol. The summed E-state index contributed by atoms with van der Waals surface area (Å²) in [6, 6.07) is 9.99. The average Bonchev–Trinajstić information content (AvgIpc) is 3.29. The van der Waals surface area contributed by atoms with Crippen LogP contribution in [0.5, 0.6) is 5.88 Å². The number of carbonyl (C=O) groups is 1. The lowest BCUT2D eigenvalue weighted by atomic mass is 9.88. The van der Waals surface area contributed by atoms with Gasteiger partial charge in [0.05, 0.1) is 30.6 Å². The van der Waals surface area contributed by atoms with Crippen LogP contribution in [0.25, 0.3) is 10.9 Å². The molecule has 6 nitrogen and oxygen atoms in total. The highest BCUT2D eigenvalue weighted by molar-refractivity contribution is 6.09. The third-order valence-corrected chi connectivity index (χ3v) is 7.00. The van der Waals surface area contributed by atoms with Crippen LogP contribution in [0.4, 0.5) is 5.69 Å². The van der Waals surface area contributed by atoms with Crippen LogP contribution in [0.15, 0.2) is 77.9 Å². The molecule has 3 aromatic rings. The van der Waals surface area contributed by atoms with Gasteiger partial charge in [-0.05, 0) is 69.4 Å². The highest BCUT2D eigenvalue weighted by Gasteiger charge is 2.19. The first-order chi connectivity index (χ1) is 18.5. The van der Waals surface area contributed by atoms with Gasteiger partial charge in [-0.15, -0.1) is 0 Å². The van der Waals surface area contributed by atoms with Crippen LogP contribution in [0, 0.1) is 12.8 Å². The van der Waals surface area contributed by atoms with Crippen LogP contribution in [0.2, 0.25) is 0 Å². The van der Waals surface area contributed by atoms with E-state index in [1.54, 1.807) is 7.11 Å². The number of ether oxygens (including phenoxy) is 1. The van der Waals surface area contributed by atoms with Gasteiger partial charge in [0.15, 0.2) is 0 Å². The molecule has 0 fully saturated rings. The fraction of sp³-hybridized carbons (Fsp3) is 0.344. The number of pyridine rings is 1. The minimum Gasteiger partial charge on any atom is -0.481 e. The highest BCUT2D eigenvalue weighted by Crippen LogP contribution is 2.31. The Morgan fingerprint density at radius 2 is 2.03 bits per heavy atom. The summed E-state index contributed by atoms with van der Waals surface area (Å²) in [5.74, 6) is 0.883. The first-order valence-corrected chi connectivity index (χ1v) is 13.5. The number of hydrogen-bond acceptors (Lipinski definition) is 4. The average molecular weight is 511 g/mol. The van der Waals surface area contributed by atoms with Crippen LogP contribution in [0.3, 0.4) is 0 Å². The van der Waals surface area contributed by atoms with Gasteiger partial charge in [-0.2, -0.15) is 5.10 Å². The third-order valence-electron chi connectivity index (χ3n) is 7.00. The summed E-state index contributed by atoms with van der Waals surface area (Å²) in [6.07, 6.45) is 16.2. The zero-order chi connectivity index (χ0) is 27.1. The molecular weight excluding hydrogens is 472 g/mol. The fourth-order valence-electron chi connectivity index (χ4n) is 5.02. The molecule has 1 atom stereocenters. The SMILES string of the molecule is CC=C(CCC1C=CC=CC1=CCC)C(=O)Nc1cccc2c1c(CC)nn2Cc1ccc(C)nc1OC. The summed E-state index contributed by atoms with van der Waals surface area (Å²) in [5, 5.41) is 9.08. The van der Waals surface area contributed by atoms with Crippen molar-refractivity contribution >= 4 is 22.5 Å². The van der Waals surface area contributed by atoms with Crippen molar-refractivity contribution in [1.29, 1.82) is 0 Å². The molecule has 0 spiro atoms. The Kier molecular flexibility index (Phi) is 8.95. The van der Waals surface area contributed by atoms with Gasteiger partial charge in [0, 0.05) is 28.1 Å². The first-order valence-electron chi connectivity index (χ1n) is 13.5. The van der Waals surface area contributed by atoms with Gasteiger partial charge < -0.3 is 10.1 Å². The molecule has 1 aliphatic carbocycles. The number of fused-ring (bicyclic) bond motifs is 1. The molecule has 0 saturated carbocycles. The molecule has 2 aromatic heterocycles. The molecular formula is C32H38N4O2. The number of nitrogens with zero attached hydrogens (tertiary/aromatic N) is 3. The lowest BCUT2D eigenvalue weighted by molar-refractivity contribution is -0.113. The topological polar surface area (TPSA) is 69.0 Å². The minimum absolute atomic E-state index is 0.0597. The number of allylic oxidation sites excluding steroid dienone is 7. The number of aromatic nitrogens is 3. The van der Waals surface area contributed by atoms with E-state index in [4.69, 9.17) is 9.84 Å². The van der Waals surface area contributed by atoms with Crippen LogP contribution < -0.4 is 10.1 Å². The van der Waals surface area contributed by atoms with E-state index >= 15 is 0 Å². The first kappa shape index (κ1) is 27.1. The summed E-state index contributed by atoms with van der Waals surface area (Å²) in [5.41, 5.74) is 6.69. The zero-order valence-electron chi connectivity index (χ0n) is 23.1. The van der Waals surface area contributed by atoms with E-state index in [2.05, 4.69) is 54.5 Å². The summed E-state index contributed by atoms with van der Waals surface area (Å²) in [7, 11) is 1.64. The van der Waals surface area contributed by atoms with Crippen molar-refractivity contribution in [3.63, 3.8) is 0 Å². The Balaban J connectivity index is 1.56. The van der Waals surface area contributed by atoms with E-state index in [1.807, 2.05) is 54.9 Å². The molecule has 0 radical (unpaired) electrons. The maximum absolute atomic E-state index is 13.4. The summed E-state index contributed by atoms with van der Waals surface area (Å²) < 4.78 is 7.49. The third kappa shape index (κ3) is 5.96. The molecule has 0 aliphatic heterocycles. The van der Waals surface area contributed by atoms with Crippen molar-refractivity contribution in [1.82, 2.24) is 14.8 Å². The molecule has 0 saturated heterocycles. The second-order valence-electron chi connectivity index (χ2n) is 9.55. The maximum atomic E-state index is 13.4. The maximum Gasteiger partial charge on any atom is 0.251 e. The van der Waals surface area contributed by atoms with Crippen molar-refractivity contribution in [3.8, 4) is 5.88 Å². The number of anilines is 1. The van der Waals surface area contributed by atoms with Crippen molar-refractivity contribution in [2.45, 2.75) is 59.9 Å². The van der Waals surface area contributed by atoms with E-state index < -0.39 is 0 Å². The minimum atomic E-state index is -0.0597. The van der Waals surface area contributed by atoms with Crippen LogP contribution in [-0.2, 0) is 17.8 Å². The van der Waals surface area contributed by atoms with E-state index in [0.717, 1.165) is 58.4 Å². The number of carbonyl (C=O) groups excluding carboxylic acids is 1. The summed E-state index contributed by atoms with van der Waals surface area (Å²) >= 11 is 0. The zero-order valence-corrected chi connectivity index (χ0v) is 23.1. The Labute approximate surface area is 225 Å². The number of nitrogens with one attached hydrogen (secondary N) is 1. The van der Waals surface area contributed by atoms with Crippen molar-refractivity contribution < 1.29 is 9.53 Å². The molecule has 2 heterocycles. The van der Waals surface area contributed by atoms with Crippen molar-refractivity contribution in [3.05, 3.63) is 94.9 Å². The van der Waals surface area contributed by atoms with E-state index in [9.17, 15) is 4.79 Å². The highest BCUT2D eigenvalue weighted by atomic mass is 16.5. The molecule has 198 valence electrons. The number of benzene rings is 1. The van der Waals surface area contributed by atoms with E-state index in [1.165, 1.54) is 5.57 Å². The van der Waals surface area contributed by atoms with Gasteiger partial charge in [-0.1, -0.05) is 56.4 Å². The van der Waals surface area contributed by atoms with Crippen molar-refractivity contribution in [2.24, 2.45) is 5.92 Å². The lowest BCUT2D eigenvalue weighted by Crippen LogP contribution is -2.16. The molecule has 1 N–H and O–H groups in total. The van der Waals surface area contributed by atoms with Crippen molar-refractivity contribution in [2.75, 3.05) is 12.4 Å². The van der Waals surface area contributed by atoms with Gasteiger partial charge in [-0.25, -0.2) is 4.98 Å². The normalized spacial score (nSPS) is 16.4. The molecule has 1 unspecified atom stereocenters. The van der Waals surface area contributed by atoms with E-state index in [-0.39, 0.29) is 5.91 Å². The molecule has 1 amide bonds. The molecule has 0 bridgehead atoms. The standard InChI is InChI=1S/C32H38N4O2/c1-6-12-24-13-9-10-14-25(24)20-19-23(7-2)31(37)34-28-15-11-16-29-30(28)27(8-3)35-36(29)21-26-18-17-22(4)33-32(26)38-5/h7,9-18,25H,6,8,19-21H2,1-5H3,(H,34,37). The number of methoxy groups -OCH3 is 1. The van der Waals surface area contributed by atoms with Gasteiger partial charge in [0.1, 0.15) is 0 Å². The summed E-state index contributed by atoms with van der Waals surface area (Å²) in [6.45, 7) is 8.66. The van der Waals surface area contributed by atoms with Gasteiger partial charge in [0.25, 0.3) is 5.91 Å². The van der Waals surface area contributed by atoms with Crippen LogP contribution in [0.1, 0.15) is 57.0 Å². The largest absolute Gasteiger partial charge is 0.481 e. The molecule has 1 aliphatic rings. The quantitative estimate of drug-likeness (QED) is 0.295. The second kappa shape index (κ2) is 12.5. The van der Waals surface area contributed by atoms with Gasteiger partial charge in [-0.3, -0.25) is 9.48 Å². The number of hydrogen-bond donors (Lipinski definition) is 1. The lowest BCUT2D eigenvalue weighted by Gasteiger charge is -2.18. The number of aryl methyl sites for hydroxylation is 2. The van der Waals surface area contributed by atoms with E-state index in [0.29, 0.717) is 24.8 Å². The Morgan fingerprint density at radius 1 is 1.18 bits per heavy atom. The van der Waals surface area contributed by atoms with Crippen LogP contribution in [-0.4, -0.2) is 27.8 Å². The van der Waals surface area contributed by atoms with Crippen LogP contribution >= 0.6 is 0 Å².